The molecular weight excluding hydrogens is 280 g/mol. The molecule has 1 fully saturated rings. The fourth-order valence-electron chi connectivity index (χ4n) is 2.18. The van der Waals surface area contributed by atoms with E-state index in [9.17, 15) is 14.4 Å². The zero-order valence-corrected chi connectivity index (χ0v) is 12.7. The van der Waals surface area contributed by atoms with E-state index >= 15 is 0 Å². The van der Waals surface area contributed by atoms with Crippen LogP contribution in [0.15, 0.2) is 11.3 Å². The van der Waals surface area contributed by atoms with Crippen LogP contribution in [0.5, 0.6) is 0 Å². The van der Waals surface area contributed by atoms with Crippen LogP contribution in [0.2, 0.25) is 0 Å². The molecule has 2 amide bonds. The maximum absolute atomic E-state index is 12.3. The van der Waals surface area contributed by atoms with E-state index in [1.165, 1.54) is 16.7 Å². The summed E-state index contributed by atoms with van der Waals surface area (Å²) in [5.41, 5.74) is 0.523. The van der Waals surface area contributed by atoms with Gasteiger partial charge in [0.05, 0.1) is 0 Å². The highest BCUT2D eigenvalue weighted by molar-refractivity contribution is 8.00. The molecule has 0 unspecified atom stereocenters. The summed E-state index contributed by atoms with van der Waals surface area (Å²) < 4.78 is 5.35. The maximum Gasteiger partial charge on any atom is 0.355 e. The molecule has 110 valence electrons. The third kappa shape index (κ3) is 2.54. The average Bonchev–Trinajstić information content (AvgIpc) is 2.33. The highest BCUT2D eigenvalue weighted by Crippen LogP contribution is 2.40. The molecule has 2 aliphatic heterocycles. The van der Waals surface area contributed by atoms with Crippen LogP contribution in [0.3, 0.4) is 0 Å². The average molecular weight is 298 g/mol. The zero-order valence-electron chi connectivity index (χ0n) is 11.9. The van der Waals surface area contributed by atoms with Crippen LogP contribution < -0.4 is 5.32 Å². The Balaban J connectivity index is 2.22. The second-order valence-electron chi connectivity index (χ2n) is 5.80. The third-order valence-corrected chi connectivity index (χ3v) is 4.42. The third-order valence-electron chi connectivity index (χ3n) is 3.00. The number of carbonyl (C=O) groups excluding carboxylic acids is 3. The molecule has 1 N–H and O–H groups in total. The van der Waals surface area contributed by atoms with Crippen LogP contribution in [-0.4, -0.2) is 46.0 Å². The monoisotopic (exact) mass is 298 g/mol. The van der Waals surface area contributed by atoms with E-state index in [4.69, 9.17) is 4.74 Å². The number of amides is 2. The van der Waals surface area contributed by atoms with Crippen molar-refractivity contribution in [2.75, 3.05) is 5.75 Å². The fourth-order valence-corrected chi connectivity index (χ4v) is 3.49. The molecule has 7 heteroatoms. The van der Waals surface area contributed by atoms with Crippen LogP contribution in [0, 0.1) is 0 Å². The van der Waals surface area contributed by atoms with Crippen molar-refractivity contribution < 1.29 is 19.1 Å². The van der Waals surface area contributed by atoms with Crippen molar-refractivity contribution in [3.8, 4) is 0 Å². The van der Waals surface area contributed by atoms with Crippen molar-refractivity contribution in [2.24, 2.45) is 0 Å². The summed E-state index contributed by atoms with van der Waals surface area (Å²) in [5.74, 6) is -0.118. The maximum atomic E-state index is 12.3. The standard InChI is InChI=1S/C13H18N2O4S/c1-7-5-20-11-8(14-6-16)10(17)15(11)9(7)12(18)19-13(2,3)4/h6,8,11H,5H2,1-4H3,(H,14,16)/t8-,11+/m1/s1. The van der Waals surface area contributed by atoms with Crippen LogP contribution in [0.25, 0.3) is 0 Å². The smallest absolute Gasteiger partial charge is 0.355 e. The Labute approximate surface area is 121 Å². The predicted molar refractivity (Wildman–Crippen MR) is 74.6 cm³/mol. The lowest BCUT2D eigenvalue weighted by molar-refractivity contribution is -0.158. The van der Waals surface area contributed by atoms with Crippen LogP contribution in [-0.2, 0) is 19.1 Å². The molecule has 0 aromatic heterocycles. The number of rotatable bonds is 3. The number of carbonyl (C=O) groups is 3. The highest BCUT2D eigenvalue weighted by atomic mass is 32.2. The molecule has 2 heterocycles. The summed E-state index contributed by atoms with van der Waals surface area (Å²) in [6.07, 6.45) is 0.513. The first-order valence-corrected chi connectivity index (χ1v) is 7.38. The molecule has 0 aromatic carbocycles. The van der Waals surface area contributed by atoms with Crippen molar-refractivity contribution in [3.63, 3.8) is 0 Å². The van der Waals surface area contributed by atoms with Gasteiger partial charge in [-0.3, -0.25) is 14.5 Å². The molecule has 0 bridgehead atoms. The van der Waals surface area contributed by atoms with Gasteiger partial charge in [-0.15, -0.1) is 11.8 Å². The lowest BCUT2D eigenvalue weighted by Crippen LogP contribution is -2.69. The van der Waals surface area contributed by atoms with Gasteiger partial charge in [0.1, 0.15) is 22.7 Å². The Bertz CT molecular complexity index is 495. The SMILES string of the molecule is CC1=C(C(=O)OC(C)(C)C)N2C(=O)[C@@H](NC=O)[C@@H]2SC1. The second kappa shape index (κ2) is 5.12. The summed E-state index contributed by atoms with van der Waals surface area (Å²) >= 11 is 1.53. The van der Waals surface area contributed by atoms with Crippen molar-refractivity contribution in [3.05, 3.63) is 11.3 Å². The Morgan fingerprint density at radius 3 is 2.70 bits per heavy atom. The van der Waals surface area contributed by atoms with E-state index in [1.807, 2.05) is 6.92 Å². The molecular formula is C13H18N2O4S. The van der Waals surface area contributed by atoms with Crippen molar-refractivity contribution in [2.45, 2.75) is 44.7 Å². The molecule has 0 aliphatic carbocycles. The van der Waals surface area contributed by atoms with Gasteiger partial charge in [0, 0.05) is 5.75 Å². The number of esters is 1. The van der Waals surface area contributed by atoms with Gasteiger partial charge in [-0.05, 0) is 33.3 Å². The molecule has 2 rings (SSSR count). The normalized spacial score (nSPS) is 25.8. The highest BCUT2D eigenvalue weighted by Gasteiger charge is 2.53. The topological polar surface area (TPSA) is 75.7 Å². The number of fused-ring (bicyclic) bond motifs is 1. The Kier molecular flexibility index (Phi) is 3.82. The Morgan fingerprint density at radius 2 is 2.15 bits per heavy atom. The first-order valence-electron chi connectivity index (χ1n) is 6.33. The number of thioether (sulfide) groups is 1. The minimum Gasteiger partial charge on any atom is -0.455 e. The Hall–Kier alpha value is -1.50. The fraction of sp³-hybridized carbons (Fsp3) is 0.615. The molecule has 2 atom stereocenters. The molecule has 1 saturated heterocycles. The molecule has 0 spiro atoms. The molecule has 0 radical (unpaired) electrons. The van der Waals surface area contributed by atoms with Crippen molar-refractivity contribution in [1.82, 2.24) is 10.2 Å². The summed E-state index contributed by atoms with van der Waals surface area (Å²) in [7, 11) is 0. The van der Waals surface area contributed by atoms with E-state index in [2.05, 4.69) is 5.32 Å². The minimum absolute atomic E-state index is 0.223. The van der Waals surface area contributed by atoms with E-state index in [0.717, 1.165) is 5.57 Å². The van der Waals surface area contributed by atoms with Gasteiger partial charge in [-0.1, -0.05) is 0 Å². The number of nitrogens with zero attached hydrogens (tertiary/aromatic N) is 1. The second-order valence-corrected chi connectivity index (χ2v) is 6.91. The van der Waals surface area contributed by atoms with E-state index in [1.54, 1.807) is 20.8 Å². The number of hydrogen-bond acceptors (Lipinski definition) is 5. The van der Waals surface area contributed by atoms with Gasteiger partial charge >= 0.3 is 5.97 Å². The number of hydrogen-bond donors (Lipinski definition) is 1. The summed E-state index contributed by atoms with van der Waals surface area (Å²) in [5, 5.41) is 2.26. The first kappa shape index (κ1) is 14.9. The van der Waals surface area contributed by atoms with Crippen LogP contribution >= 0.6 is 11.8 Å². The molecule has 20 heavy (non-hydrogen) atoms. The Morgan fingerprint density at radius 1 is 1.50 bits per heavy atom. The first-order chi connectivity index (χ1) is 9.26. The number of nitrogens with one attached hydrogen (secondary N) is 1. The molecule has 2 aliphatic rings. The number of ether oxygens (including phenoxy) is 1. The lowest BCUT2D eigenvalue weighted by atomic mass is 10.0. The van der Waals surface area contributed by atoms with Crippen molar-refractivity contribution >= 4 is 30.0 Å². The van der Waals surface area contributed by atoms with Crippen LogP contribution in [0.4, 0.5) is 0 Å². The summed E-state index contributed by atoms with van der Waals surface area (Å²) in [6.45, 7) is 7.16. The largest absolute Gasteiger partial charge is 0.455 e. The number of β-lactam (4-membered cyclic amide) rings is 1. The van der Waals surface area contributed by atoms with Crippen LogP contribution in [0.1, 0.15) is 27.7 Å². The van der Waals surface area contributed by atoms with Gasteiger partial charge in [-0.25, -0.2) is 4.79 Å². The quantitative estimate of drug-likeness (QED) is 0.470. The van der Waals surface area contributed by atoms with E-state index in [-0.39, 0.29) is 11.3 Å². The summed E-state index contributed by atoms with van der Waals surface area (Å²) in [6, 6.07) is -0.553. The van der Waals surface area contributed by atoms with E-state index in [0.29, 0.717) is 17.9 Å². The minimum atomic E-state index is -0.612. The molecule has 0 aromatic rings. The van der Waals surface area contributed by atoms with Gasteiger partial charge in [0.2, 0.25) is 6.41 Å². The van der Waals surface area contributed by atoms with Gasteiger partial charge in [-0.2, -0.15) is 0 Å². The van der Waals surface area contributed by atoms with Crippen molar-refractivity contribution in [1.29, 1.82) is 0 Å². The lowest BCUT2D eigenvalue weighted by Gasteiger charge is -2.49. The summed E-state index contributed by atoms with van der Waals surface area (Å²) in [4.78, 5) is 36.2. The van der Waals surface area contributed by atoms with Gasteiger partial charge in [0.25, 0.3) is 5.91 Å². The molecule has 6 nitrogen and oxygen atoms in total. The predicted octanol–water partition coefficient (Wildman–Crippen LogP) is 0.632. The molecule has 0 saturated carbocycles. The zero-order chi connectivity index (χ0) is 15.1. The van der Waals surface area contributed by atoms with E-state index < -0.39 is 17.6 Å². The van der Waals surface area contributed by atoms with Gasteiger partial charge in [0.15, 0.2) is 0 Å². The van der Waals surface area contributed by atoms with Gasteiger partial charge < -0.3 is 10.1 Å².